The van der Waals surface area contributed by atoms with Crippen LogP contribution in [0, 0.1) is 10.1 Å². The van der Waals surface area contributed by atoms with Crippen molar-refractivity contribution < 1.29 is 33.0 Å². The number of benzene rings is 1. The molecule has 1 aromatic carbocycles. The number of aromatic nitrogens is 4. The number of ether oxygens (including phenoxy) is 2. The van der Waals surface area contributed by atoms with Gasteiger partial charge in [0, 0.05) is 12.6 Å². The van der Waals surface area contributed by atoms with Crippen LogP contribution in [0.4, 0.5) is 5.69 Å². The molecule has 0 aliphatic carbocycles. The summed E-state index contributed by atoms with van der Waals surface area (Å²) in [7, 11) is -3.03. The van der Waals surface area contributed by atoms with Crippen LogP contribution in [0.15, 0.2) is 40.5 Å². The fourth-order valence-corrected chi connectivity index (χ4v) is 4.50. The molecule has 33 heavy (non-hydrogen) atoms. The van der Waals surface area contributed by atoms with Crippen LogP contribution in [0.25, 0.3) is 11.2 Å². The molecule has 1 fully saturated rings. The van der Waals surface area contributed by atoms with Gasteiger partial charge in [-0.2, -0.15) is 0 Å². The summed E-state index contributed by atoms with van der Waals surface area (Å²) in [5, 5.41) is 32.0. The largest absolute Gasteiger partial charge is 0.490 e. The van der Waals surface area contributed by atoms with Gasteiger partial charge in [0.15, 0.2) is 23.1 Å². The number of H-pyrrole nitrogens is 1. The summed E-state index contributed by atoms with van der Waals surface area (Å²) in [5.74, 6) is -0.112. The Balaban J connectivity index is 1.53. The van der Waals surface area contributed by atoms with Gasteiger partial charge in [-0.1, -0.05) is 0 Å². The van der Waals surface area contributed by atoms with Crippen molar-refractivity contribution in [3.8, 4) is 5.75 Å². The summed E-state index contributed by atoms with van der Waals surface area (Å²) < 4.78 is 39.2. The zero-order chi connectivity index (χ0) is 23.9. The topological polar surface area (TPSA) is 212 Å². The second-order valence-electron chi connectivity index (χ2n) is 7.04. The fourth-order valence-electron chi connectivity index (χ4n) is 3.43. The minimum atomic E-state index is -4.24. The van der Waals surface area contributed by atoms with Crippen molar-refractivity contribution in [2.45, 2.75) is 29.4 Å². The fraction of sp³-hybridized carbons (Fsp3) is 0.353. The molecule has 0 unspecified atom stereocenters. The molecule has 2 aromatic heterocycles. The first-order valence-electron chi connectivity index (χ1n) is 9.38. The van der Waals surface area contributed by atoms with E-state index in [9.17, 15) is 33.5 Å². The number of nitrogens with one attached hydrogen (secondary N) is 2. The van der Waals surface area contributed by atoms with Crippen molar-refractivity contribution in [2.75, 3.05) is 13.7 Å². The van der Waals surface area contributed by atoms with E-state index in [0.717, 1.165) is 24.5 Å². The molecule has 0 radical (unpaired) electrons. The van der Waals surface area contributed by atoms with Gasteiger partial charge in [0.1, 0.15) is 18.3 Å². The summed E-state index contributed by atoms with van der Waals surface area (Å²) >= 11 is 0. The number of rotatable bonds is 7. The molecule has 0 saturated carbocycles. The van der Waals surface area contributed by atoms with E-state index in [1.165, 1.54) is 18.0 Å². The Labute approximate surface area is 184 Å². The number of fused-ring (bicyclic) bond motifs is 1. The Bertz CT molecular complexity index is 1370. The molecule has 0 spiro atoms. The van der Waals surface area contributed by atoms with Crippen molar-refractivity contribution >= 4 is 26.9 Å². The molecule has 1 aliphatic rings. The van der Waals surface area contributed by atoms with E-state index in [0.29, 0.717) is 0 Å². The van der Waals surface area contributed by atoms with Gasteiger partial charge in [0.2, 0.25) is 10.0 Å². The van der Waals surface area contributed by atoms with Gasteiger partial charge in [-0.05, 0) is 12.1 Å². The molecule has 16 heteroatoms. The van der Waals surface area contributed by atoms with Crippen LogP contribution in [0.2, 0.25) is 0 Å². The van der Waals surface area contributed by atoms with Gasteiger partial charge >= 0.3 is 5.69 Å². The van der Waals surface area contributed by atoms with E-state index in [1.807, 2.05) is 0 Å². The highest BCUT2D eigenvalue weighted by molar-refractivity contribution is 7.89. The SMILES string of the molecule is COc1ccc(S(=O)(=O)NC[C@H]2O[C@@H](n3cnc4c(=O)[nH]cnc43)[C@H](O)[C@@H]2O)cc1[N+](=O)[O-]. The molecule has 1 saturated heterocycles. The van der Waals surface area contributed by atoms with Crippen LogP contribution in [0.1, 0.15) is 6.23 Å². The van der Waals surface area contributed by atoms with E-state index < -0.39 is 62.2 Å². The summed E-state index contributed by atoms with van der Waals surface area (Å²) in [6.45, 7) is -0.461. The Morgan fingerprint density at radius 2 is 2.09 bits per heavy atom. The number of aliphatic hydroxyl groups excluding tert-OH is 2. The van der Waals surface area contributed by atoms with Crippen LogP contribution in [0.5, 0.6) is 5.75 Å². The molecule has 4 N–H and O–H groups in total. The summed E-state index contributed by atoms with van der Waals surface area (Å²) in [6, 6.07) is 3.11. The van der Waals surface area contributed by atoms with Crippen LogP contribution in [-0.4, -0.2) is 75.0 Å². The number of nitro benzene ring substituents is 1. The van der Waals surface area contributed by atoms with Crippen molar-refractivity contribution in [3.63, 3.8) is 0 Å². The zero-order valence-corrected chi connectivity index (χ0v) is 17.7. The normalized spacial score (nSPS) is 23.1. The second kappa shape index (κ2) is 8.49. The van der Waals surface area contributed by atoms with Gasteiger partial charge in [-0.25, -0.2) is 23.1 Å². The highest BCUT2D eigenvalue weighted by Crippen LogP contribution is 2.32. The third-order valence-corrected chi connectivity index (χ3v) is 6.53. The van der Waals surface area contributed by atoms with Crippen molar-refractivity contribution in [2.24, 2.45) is 0 Å². The van der Waals surface area contributed by atoms with Crippen molar-refractivity contribution in [1.82, 2.24) is 24.2 Å². The molecule has 4 rings (SSSR count). The monoisotopic (exact) mass is 482 g/mol. The maximum atomic E-state index is 12.6. The Morgan fingerprint density at radius 1 is 1.33 bits per heavy atom. The van der Waals surface area contributed by atoms with E-state index in [4.69, 9.17) is 9.47 Å². The van der Waals surface area contributed by atoms with Gasteiger partial charge in [-0.3, -0.25) is 19.5 Å². The third-order valence-electron chi connectivity index (χ3n) is 5.11. The Morgan fingerprint density at radius 3 is 2.79 bits per heavy atom. The van der Waals surface area contributed by atoms with Gasteiger partial charge in [0.05, 0.1) is 29.6 Å². The number of aliphatic hydroxyl groups is 2. The van der Waals surface area contributed by atoms with Crippen molar-refractivity contribution in [1.29, 1.82) is 0 Å². The lowest BCUT2D eigenvalue weighted by atomic mass is 10.1. The van der Waals surface area contributed by atoms with Gasteiger partial charge in [0.25, 0.3) is 5.56 Å². The number of hydrogen-bond donors (Lipinski definition) is 4. The molecule has 15 nitrogen and oxygen atoms in total. The molecule has 1 aliphatic heterocycles. The highest BCUT2D eigenvalue weighted by atomic mass is 32.2. The quantitative estimate of drug-likeness (QED) is 0.228. The maximum Gasteiger partial charge on any atom is 0.312 e. The average Bonchev–Trinajstić information content (AvgIpc) is 3.34. The maximum absolute atomic E-state index is 12.6. The second-order valence-corrected chi connectivity index (χ2v) is 8.81. The Hall–Kier alpha value is -3.44. The first-order valence-corrected chi connectivity index (χ1v) is 10.9. The van der Waals surface area contributed by atoms with Crippen LogP contribution in [0.3, 0.4) is 0 Å². The van der Waals surface area contributed by atoms with Crippen LogP contribution >= 0.6 is 0 Å². The predicted molar refractivity (Wildman–Crippen MR) is 109 cm³/mol. The van der Waals surface area contributed by atoms with E-state index in [1.54, 1.807) is 0 Å². The van der Waals surface area contributed by atoms with Crippen molar-refractivity contribution in [3.05, 3.63) is 51.3 Å². The smallest absolute Gasteiger partial charge is 0.312 e. The molecule has 3 aromatic rings. The predicted octanol–water partition coefficient (Wildman–Crippen LogP) is -1.37. The first kappa shape index (κ1) is 22.7. The zero-order valence-electron chi connectivity index (χ0n) is 16.9. The molecule has 0 amide bonds. The average molecular weight is 482 g/mol. The first-order chi connectivity index (χ1) is 15.6. The minimum Gasteiger partial charge on any atom is -0.490 e. The highest BCUT2D eigenvalue weighted by Gasteiger charge is 2.44. The lowest BCUT2D eigenvalue weighted by Gasteiger charge is -2.16. The molecule has 0 bridgehead atoms. The summed E-state index contributed by atoms with van der Waals surface area (Å²) in [5.41, 5.74) is -0.956. The number of imidazole rings is 1. The van der Waals surface area contributed by atoms with E-state index >= 15 is 0 Å². The standard InChI is InChI=1S/C17H18N6O9S/c1-31-10-3-2-8(4-9(10)23(27)28)33(29,30)21-5-11-13(24)14(25)17(32-11)22-7-20-12-15(22)18-6-19-16(12)26/h2-4,6-7,11,13-14,17,21,24-25H,5H2,1H3,(H,18,19,26)/t11-,13-,14-,17-/m1/s1. The van der Waals surface area contributed by atoms with Gasteiger partial charge < -0.3 is 24.7 Å². The number of sulfonamides is 1. The molecular weight excluding hydrogens is 464 g/mol. The molecule has 176 valence electrons. The van der Waals surface area contributed by atoms with E-state index in [-0.39, 0.29) is 16.9 Å². The van der Waals surface area contributed by atoms with Gasteiger partial charge in [-0.15, -0.1) is 0 Å². The minimum absolute atomic E-state index is 0.00644. The lowest BCUT2D eigenvalue weighted by molar-refractivity contribution is -0.386. The Kier molecular flexibility index (Phi) is 5.85. The van der Waals surface area contributed by atoms with Crippen LogP contribution < -0.4 is 15.0 Å². The number of nitrogens with zero attached hydrogens (tertiary/aromatic N) is 4. The molecular formula is C17H18N6O9S. The van der Waals surface area contributed by atoms with Crippen LogP contribution in [-0.2, 0) is 14.8 Å². The number of hydrogen-bond acceptors (Lipinski definition) is 11. The number of nitro groups is 1. The number of methoxy groups -OCH3 is 1. The molecule has 4 atom stereocenters. The third kappa shape index (κ3) is 4.05. The molecule has 3 heterocycles. The lowest BCUT2D eigenvalue weighted by Crippen LogP contribution is -2.39. The number of aromatic amines is 1. The summed E-state index contributed by atoms with van der Waals surface area (Å²) in [6.07, 6.45) is -3.03. The summed E-state index contributed by atoms with van der Waals surface area (Å²) in [4.78, 5) is 32.1. The van der Waals surface area contributed by atoms with E-state index in [2.05, 4.69) is 19.7 Å².